The van der Waals surface area contributed by atoms with E-state index < -0.39 is 11.6 Å². The van der Waals surface area contributed by atoms with Gasteiger partial charge in [-0.05, 0) is 19.4 Å². The van der Waals surface area contributed by atoms with Crippen molar-refractivity contribution in [1.82, 2.24) is 0 Å². The smallest absolute Gasteiger partial charge is 0.168 e. The molecule has 0 fully saturated rings. The highest BCUT2D eigenvalue weighted by atomic mass is 19.1. The number of rotatable bonds is 3. The minimum absolute atomic E-state index is 0.0729. The van der Waals surface area contributed by atoms with Gasteiger partial charge in [-0.2, -0.15) is 0 Å². The third kappa shape index (κ3) is 2.42. The van der Waals surface area contributed by atoms with Gasteiger partial charge in [-0.3, -0.25) is 0 Å². The van der Waals surface area contributed by atoms with Gasteiger partial charge in [-0.25, -0.2) is 8.78 Å². The number of benzene rings is 1. The Balaban J connectivity index is 3.11. The molecule has 0 bridgehead atoms. The second kappa shape index (κ2) is 4.37. The standard InChI is InChI=1S/C10H13F2NO/c1-6(13)3-7-4-8(11)5-9(12)10(7)14-2/h4-6H,3,13H2,1-2H3/t6-/m0/s1. The van der Waals surface area contributed by atoms with E-state index in [1.807, 2.05) is 0 Å². The van der Waals surface area contributed by atoms with Crippen LogP contribution in [0.3, 0.4) is 0 Å². The van der Waals surface area contributed by atoms with E-state index in [2.05, 4.69) is 0 Å². The van der Waals surface area contributed by atoms with Crippen molar-refractivity contribution in [2.45, 2.75) is 19.4 Å². The zero-order chi connectivity index (χ0) is 10.7. The van der Waals surface area contributed by atoms with Gasteiger partial charge in [0.05, 0.1) is 7.11 Å². The molecular formula is C10H13F2NO. The predicted molar refractivity (Wildman–Crippen MR) is 50.3 cm³/mol. The number of ether oxygens (including phenoxy) is 1. The molecule has 0 heterocycles. The van der Waals surface area contributed by atoms with Crippen LogP contribution < -0.4 is 10.5 Å². The Hall–Kier alpha value is -1.16. The zero-order valence-electron chi connectivity index (χ0n) is 8.18. The summed E-state index contributed by atoms with van der Waals surface area (Å²) in [4.78, 5) is 0. The van der Waals surface area contributed by atoms with Gasteiger partial charge in [0.15, 0.2) is 11.6 Å². The number of halogens is 2. The Bertz CT molecular complexity index is 326. The van der Waals surface area contributed by atoms with Gasteiger partial charge in [0, 0.05) is 17.7 Å². The molecule has 0 unspecified atom stereocenters. The first-order chi connectivity index (χ1) is 6.54. The fourth-order valence-corrected chi connectivity index (χ4v) is 1.34. The summed E-state index contributed by atoms with van der Waals surface area (Å²) >= 11 is 0. The van der Waals surface area contributed by atoms with Crippen LogP contribution >= 0.6 is 0 Å². The van der Waals surface area contributed by atoms with Gasteiger partial charge in [0.2, 0.25) is 0 Å². The molecule has 0 radical (unpaired) electrons. The van der Waals surface area contributed by atoms with Crippen LogP contribution in [-0.4, -0.2) is 13.2 Å². The van der Waals surface area contributed by atoms with Crippen molar-refractivity contribution in [2.24, 2.45) is 5.73 Å². The van der Waals surface area contributed by atoms with Crippen LogP contribution in [0.2, 0.25) is 0 Å². The van der Waals surface area contributed by atoms with E-state index in [4.69, 9.17) is 10.5 Å². The zero-order valence-corrected chi connectivity index (χ0v) is 8.18. The van der Waals surface area contributed by atoms with Crippen LogP contribution in [0.4, 0.5) is 8.78 Å². The Morgan fingerprint density at radius 3 is 2.57 bits per heavy atom. The summed E-state index contributed by atoms with van der Waals surface area (Å²) in [5.41, 5.74) is 6.01. The second-order valence-corrected chi connectivity index (χ2v) is 3.26. The monoisotopic (exact) mass is 201 g/mol. The molecule has 0 spiro atoms. The normalized spacial score (nSPS) is 12.6. The van der Waals surface area contributed by atoms with E-state index in [9.17, 15) is 8.78 Å². The van der Waals surface area contributed by atoms with Gasteiger partial charge >= 0.3 is 0 Å². The summed E-state index contributed by atoms with van der Waals surface area (Å²) in [5, 5.41) is 0. The van der Waals surface area contributed by atoms with Crippen LogP contribution in [0.1, 0.15) is 12.5 Å². The van der Waals surface area contributed by atoms with Crippen molar-refractivity contribution in [2.75, 3.05) is 7.11 Å². The highest BCUT2D eigenvalue weighted by molar-refractivity contribution is 5.36. The van der Waals surface area contributed by atoms with Gasteiger partial charge in [0.25, 0.3) is 0 Å². The van der Waals surface area contributed by atoms with Gasteiger partial charge in [-0.1, -0.05) is 0 Å². The molecule has 1 atom stereocenters. The van der Waals surface area contributed by atoms with Crippen molar-refractivity contribution < 1.29 is 13.5 Å². The molecule has 0 saturated heterocycles. The first kappa shape index (κ1) is 10.9. The molecule has 2 N–H and O–H groups in total. The first-order valence-corrected chi connectivity index (χ1v) is 4.32. The molecule has 1 aromatic carbocycles. The lowest BCUT2D eigenvalue weighted by molar-refractivity contribution is 0.377. The van der Waals surface area contributed by atoms with E-state index in [1.54, 1.807) is 6.92 Å². The summed E-state index contributed by atoms with van der Waals surface area (Å²) in [6.45, 7) is 1.77. The molecule has 0 aliphatic rings. The van der Waals surface area contributed by atoms with Crippen LogP contribution in [0.25, 0.3) is 0 Å². The van der Waals surface area contributed by atoms with Gasteiger partial charge < -0.3 is 10.5 Å². The Labute approximate surface area is 81.7 Å². The first-order valence-electron chi connectivity index (χ1n) is 4.32. The average Bonchev–Trinajstić information content (AvgIpc) is 2.01. The van der Waals surface area contributed by atoms with Crippen molar-refractivity contribution in [3.05, 3.63) is 29.3 Å². The third-order valence-corrected chi connectivity index (χ3v) is 1.83. The highest BCUT2D eigenvalue weighted by Crippen LogP contribution is 2.24. The van der Waals surface area contributed by atoms with E-state index >= 15 is 0 Å². The van der Waals surface area contributed by atoms with E-state index in [0.717, 1.165) is 6.07 Å². The molecule has 1 rings (SSSR count). The summed E-state index contributed by atoms with van der Waals surface area (Å²) < 4.78 is 30.8. The second-order valence-electron chi connectivity index (χ2n) is 3.26. The molecule has 1 aromatic rings. The minimum atomic E-state index is -0.692. The molecular weight excluding hydrogens is 188 g/mol. The number of nitrogens with two attached hydrogens (primary N) is 1. The molecule has 0 amide bonds. The highest BCUT2D eigenvalue weighted by Gasteiger charge is 2.12. The van der Waals surface area contributed by atoms with Crippen molar-refractivity contribution in [1.29, 1.82) is 0 Å². The molecule has 78 valence electrons. The lowest BCUT2D eigenvalue weighted by Gasteiger charge is -2.11. The maximum Gasteiger partial charge on any atom is 0.168 e. The van der Waals surface area contributed by atoms with E-state index in [1.165, 1.54) is 13.2 Å². The lowest BCUT2D eigenvalue weighted by atomic mass is 10.1. The SMILES string of the molecule is COc1c(F)cc(F)cc1C[C@H](C)N. The van der Waals surface area contributed by atoms with Gasteiger partial charge in [-0.15, -0.1) is 0 Å². The third-order valence-electron chi connectivity index (χ3n) is 1.83. The Morgan fingerprint density at radius 1 is 1.43 bits per heavy atom. The van der Waals surface area contributed by atoms with Crippen molar-refractivity contribution >= 4 is 0 Å². The fourth-order valence-electron chi connectivity index (χ4n) is 1.34. The summed E-state index contributed by atoms with van der Waals surface area (Å²) in [6.07, 6.45) is 0.387. The van der Waals surface area contributed by atoms with Crippen LogP contribution in [0.5, 0.6) is 5.75 Å². The largest absolute Gasteiger partial charge is 0.493 e. The molecule has 0 saturated carbocycles. The number of hydrogen-bond donors (Lipinski definition) is 1. The van der Waals surface area contributed by atoms with Crippen molar-refractivity contribution in [3.8, 4) is 5.75 Å². The predicted octanol–water partition coefficient (Wildman–Crippen LogP) is 1.86. The average molecular weight is 201 g/mol. The van der Waals surface area contributed by atoms with Gasteiger partial charge in [0.1, 0.15) is 5.82 Å². The quantitative estimate of drug-likeness (QED) is 0.810. The summed E-state index contributed by atoms with van der Waals surface area (Å²) in [7, 11) is 1.35. The maximum absolute atomic E-state index is 13.2. The molecule has 4 heteroatoms. The summed E-state index contributed by atoms with van der Waals surface area (Å²) in [6, 6.07) is 1.87. The summed E-state index contributed by atoms with van der Waals surface area (Å²) in [5.74, 6) is -1.23. The molecule has 0 aromatic heterocycles. The Morgan fingerprint density at radius 2 is 2.07 bits per heavy atom. The maximum atomic E-state index is 13.2. The number of hydrogen-bond acceptors (Lipinski definition) is 2. The molecule has 14 heavy (non-hydrogen) atoms. The van der Waals surface area contributed by atoms with E-state index in [-0.39, 0.29) is 11.8 Å². The van der Waals surface area contributed by atoms with Crippen LogP contribution in [0.15, 0.2) is 12.1 Å². The van der Waals surface area contributed by atoms with Crippen LogP contribution in [-0.2, 0) is 6.42 Å². The molecule has 0 aliphatic carbocycles. The molecule has 0 aliphatic heterocycles. The van der Waals surface area contributed by atoms with Crippen LogP contribution in [0, 0.1) is 11.6 Å². The fraction of sp³-hybridized carbons (Fsp3) is 0.400. The number of methoxy groups -OCH3 is 1. The molecule has 2 nitrogen and oxygen atoms in total. The minimum Gasteiger partial charge on any atom is -0.493 e. The lowest BCUT2D eigenvalue weighted by Crippen LogP contribution is -2.18. The topological polar surface area (TPSA) is 35.2 Å². The van der Waals surface area contributed by atoms with Crippen molar-refractivity contribution in [3.63, 3.8) is 0 Å². The Kier molecular flexibility index (Phi) is 3.41. The van der Waals surface area contributed by atoms with E-state index in [0.29, 0.717) is 12.0 Å².